The number of imidazole rings is 1. The van der Waals surface area contributed by atoms with E-state index in [4.69, 9.17) is 19.2 Å². The van der Waals surface area contributed by atoms with E-state index in [0.717, 1.165) is 61.6 Å². The number of likely N-dealkylation sites (tertiary alicyclic amines) is 1. The van der Waals surface area contributed by atoms with Crippen LogP contribution in [0.25, 0.3) is 11.0 Å². The van der Waals surface area contributed by atoms with E-state index in [2.05, 4.69) is 61.5 Å². The number of rotatable bonds is 14. The number of methoxy groups -OCH3 is 3. The van der Waals surface area contributed by atoms with Crippen molar-refractivity contribution in [3.05, 3.63) is 94.4 Å². The number of hydrogen-bond acceptors (Lipinski definition) is 9. The Morgan fingerprint density at radius 2 is 1.75 bits per heavy atom. The summed E-state index contributed by atoms with van der Waals surface area (Å²) in [5, 5.41) is 5.89. The monoisotopic (exact) mass is 668 g/mol. The first kappa shape index (κ1) is 33.3. The molecule has 1 N–H and O–H groups in total. The van der Waals surface area contributed by atoms with Crippen molar-refractivity contribution in [1.82, 2.24) is 24.3 Å². The SMILES string of the molecule is COc1cc(C(=O)N(C)CC(CCN2CCC(Nc3nc4ccccc4n3Cc3ccccn3)CC2)c2cccs2)cc(OC)c1OC. The molecule has 1 amide bonds. The molecule has 11 heteroatoms. The Morgan fingerprint density at radius 1 is 1.00 bits per heavy atom. The Balaban J connectivity index is 1.07. The third kappa shape index (κ3) is 7.58. The summed E-state index contributed by atoms with van der Waals surface area (Å²) in [5.74, 6) is 2.44. The minimum atomic E-state index is -0.0863. The Kier molecular flexibility index (Phi) is 10.8. The van der Waals surface area contributed by atoms with Crippen molar-refractivity contribution in [3.63, 3.8) is 0 Å². The van der Waals surface area contributed by atoms with E-state index in [9.17, 15) is 4.79 Å². The maximum absolute atomic E-state index is 13.6. The molecule has 10 nitrogen and oxygen atoms in total. The number of pyridine rings is 1. The second-order valence-electron chi connectivity index (χ2n) is 12.2. The average molecular weight is 669 g/mol. The van der Waals surface area contributed by atoms with E-state index in [0.29, 0.717) is 41.9 Å². The van der Waals surface area contributed by atoms with Crippen LogP contribution < -0.4 is 19.5 Å². The molecule has 4 heterocycles. The van der Waals surface area contributed by atoms with Gasteiger partial charge in [-0.1, -0.05) is 24.3 Å². The highest BCUT2D eigenvalue weighted by molar-refractivity contribution is 7.10. The minimum absolute atomic E-state index is 0.0863. The number of hydrogen-bond donors (Lipinski definition) is 1. The number of anilines is 1. The van der Waals surface area contributed by atoms with E-state index in [-0.39, 0.29) is 11.8 Å². The van der Waals surface area contributed by atoms with Crippen LogP contribution in [0.2, 0.25) is 0 Å². The molecule has 1 aliphatic rings. The highest BCUT2D eigenvalue weighted by Gasteiger charge is 2.26. The number of nitrogens with zero attached hydrogens (tertiary/aromatic N) is 5. The molecule has 1 aliphatic heterocycles. The number of thiophene rings is 1. The molecule has 0 saturated carbocycles. The number of piperidine rings is 1. The van der Waals surface area contributed by atoms with Crippen molar-refractivity contribution in [2.45, 2.75) is 37.8 Å². The third-order valence-corrected chi connectivity index (χ3v) is 10.1. The third-order valence-electron chi connectivity index (χ3n) is 9.11. The number of para-hydroxylation sites is 2. The zero-order valence-corrected chi connectivity index (χ0v) is 28.9. The summed E-state index contributed by atoms with van der Waals surface area (Å²) in [7, 11) is 6.54. The lowest BCUT2D eigenvalue weighted by atomic mass is 10.00. The predicted molar refractivity (Wildman–Crippen MR) is 191 cm³/mol. The average Bonchev–Trinajstić information content (AvgIpc) is 3.79. The van der Waals surface area contributed by atoms with Crippen LogP contribution in [0.1, 0.15) is 46.1 Å². The van der Waals surface area contributed by atoms with Gasteiger partial charge in [0.2, 0.25) is 11.7 Å². The van der Waals surface area contributed by atoms with Crippen molar-refractivity contribution in [2.24, 2.45) is 0 Å². The lowest BCUT2D eigenvalue weighted by molar-refractivity contribution is 0.0781. The van der Waals surface area contributed by atoms with E-state index in [1.807, 2.05) is 31.4 Å². The van der Waals surface area contributed by atoms with Crippen LogP contribution in [0.3, 0.4) is 0 Å². The smallest absolute Gasteiger partial charge is 0.253 e. The van der Waals surface area contributed by atoms with Gasteiger partial charge in [0, 0.05) is 55.3 Å². The van der Waals surface area contributed by atoms with Gasteiger partial charge in [-0.3, -0.25) is 9.78 Å². The van der Waals surface area contributed by atoms with Gasteiger partial charge in [-0.2, -0.15) is 0 Å². The number of likely N-dealkylation sites (N-methyl/N-ethyl adjacent to an activating group) is 1. The number of amides is 1. The van der Waals surface area contributed by atoms with Crippen LogP contribution in [0.15, 0.2) is 78.3 Å². The maximum atomic E-state index is 13.6. The van der Waals surface area contributed by atoms with E-state index >= 15 is 0 Å². The number of carbonyl (C=O) groups is 1. The standard InChI is InChI=1S/C37H44N6O4S/c1-41(36(44)27-22-32(45-2)35(47-4)33(23-27)46-3)24-26(34-13-9-21-48-34)14-18-42-19-15-28(16-20-42)39-37-40-30-11-5-6-12-31(30)43(37)25-29-10-7-8-17-38-29/h5-13,17,21-23,26,28H,14-16,18-20,24-25H2,1-4H3,(H,39,40). The van der Waals surface area contributed by atoms with Gasteiger partial charge in [0.05, 0.1) is 44.6 Å². The number of fused-ring (bicyclic) bond motifs is 1. The van der Waals surface area contributed by atoms with Gasteiger partial charge in [-0.25, -0.2) is 4.98 Å². The van der Waals surface area contributed by atoms with Crippen molar-refractivity contribution < 1.29 is 19.0 Å². The molecule has 0 bridgehead atoms. The maximum Gasteiger partial charge on any atom is 0.253 e. The molecule has 48 heavy (non-hydrogen) atoms. The second kappa shape index (κ2) is 15.5. The first-order valence-electron chi connectivity index (χ1n) is 16.4. The Morgan fingerprint density at radius 3 is 2.42 bits per heavy atom. The van der Waals surface area contributed by atoms with Crippen LogP contribution in [-0.2, 0) is 6.54 Å². The van der Waals surface area contributed by atoms with Gasteiger partial charge < -0.3 is 33.9 Å². The zero-order chi connectivity index (χ0) is 33.5. The minimum Gasteiger partial charge on any atom is -0.493 e. The van der Waals surface area contributed by atoms with Gasteiger partial charge in [0.15, 0.2) is 11.5 Å². The lowest BCUT2D eigenvalue weighted by Gasteiger charge is -2.34. The van der Waals surface area contributed by atoms with Gasteiger partial charge in [0.1, 0.15) is 0 Å². The number of ether oxygens (including phenoxy) is 3. The highest BCUT2D eigenvalue weighted by atomic mass is 32.1. The fourth-order valence-corrected chi connectivity index (χ4v) is 7.36. The molecule has 1 atom stereocenters. The summed E-state index contributed by atoms with van der Waals surface area (Å²) in [5.41, 5.74) is 3.60. The quantitative estimate of drug-likeness (QED) is 0.146. The van der Waals surface area contributed by atoms with Crippen LogP contribution >= 0.6 is 11.3 Å². The molecule has 0 aliphatic carbocycles. The summed E-state index contributed by atoms with van der Waals surface area (Å²) in [4.78, 5) is 28.8. The Hall–Kier alpha value is -4.61. The molecule has 5 aromatic rings. The molecule has 0 spiro atoms. The van der Waals surface area contributed by atoms with E-state index in [1.54, 1.807) is 49.7 Å². The van der Waals surface area contributed by atoms with Crippen LogP contribution in [0.4, 0.5) is 5.95 Å². The molecule has 3 aromatic heterocycles. The topological polar surface area (TPSA) is 94.0 Å². The molecule has 1 saturated heterocycles. The van der Waals surface area contributed by atoms with E-state index < -0.39 is 0 Å². The number of nitrogens with one attached hydrogen (secondary N) is 1. The number of benzene rings is 2. The summed E-state index contributed by atoms with van der Waals surface area (Å²) in [6, 6.07) is 22.4. The number of aromatic nitrogens is 3. The van der Waals surface area contributed by atoms with Crippen LogP contribution in [0, 0.1) is 0 Å². The van der Waals surface area contributed by atoms with Gasteiger partial charge in [0.25, 0.3) is 5.91 Å². The van der Waals surface area contributed by atoms with E-state index in [1.165, 1.54) is 4.88 Å². The summed E-state index contributed by atoms with van der Waals surface area (Å²) in [6.45, 7) is 4.27. The summed E-state index contributed by atoms with van der Waals surface area (Å²) < 4.78 is 18.7. The van der Waals surface area contributed by atoms with Crippen molar-refractivity contribution in [3.8, 4) is 17.2 Å². The molecule has 6 rings (SSSR count). The zero-order valence-electron chi connectivity index (χ0n) is 28.1. The molecule has 1 fully saturated rings. The molecule has 0 radical (unpaired) electrons. The Bertz CT molecular complexity index is 1760. The predicted octanol–water partition coefficient (Wildman–Crippen LogP) is 6.39. The number of carbonyl (C=O) groups excluding carboxylic acids is 1. The fourth-order valence-electron chi connectivity index (χ4n) is 6.51. The van der Waals surface area contributed by atoms with Crippen LogP contribution in [-0.4, -0.2) is 90.8 Å². The first-order chi connectivity index (χ1) is 23.5. The highest BCUT2D eigenvalue weighted by Crippen LogP contribution is 2.38. The largest absolute Gasteiger partial charge is 0.493 e. The summed E-state index contributed by atoms with van der Waals surface area (Å²) in [6.07, 6.45) is 4.88. The first-order valence-corrected chi connectivity index (χ1v) is 17.3. The molecular formula is C37H44N6O4S. The van der Waals surface area contributed by atoms with Crippen molar-refractivity contribution in [1.29, 1.82) is 0 Å². The lowest BCUT2D eigenvalue weighted by Crippen LogP contribution is -2.40. The fraction of sp³-hybridized carbons (Fsp3) is 0.378. The van der Waals surface area contributed by atoms with Crippen LogP contribution in [0.5, 0.6) is 17.2 Å². The molecular weight excluding hydrogens is 625 g/mol. The Labute approximate surface area is 286 Å². The van der Waals surface area contributed by atoms with Gasteiger partial charge in [-0.05, 0) is 73.7 Å². The van der Waals surface area contributed by atoms with Crippen molar-refractivity contribution in [2.75, 3.05) is 59.9 Å². The molecule has 2 aromatic carbocycles. The molecule has 252 valence electrons. The normalized spacial score (nSPS) is 14.5. The van der Waals surface area contributed by atoms with Gasteiger partial charge in [-0.15, -0.1) is 11.3 Å². The summed E-state index contributed by atoms with van der Waals surface area (Å²) >= 11 is 1.75. The second-order valence-corrected chi connectivity index (χ2v) is 13.2. The van der Waals surface area contributed by atoms with Gasteiger partial charge >= 0.3 is 0 Å². The molecule has 1 unspecified atom stereocenters. The van der Waals surface area contributed by atoms with Crippen molar-refractivity contribution >= 4 is 34.2 Å².